The number of nitrogens with zero attached hydrogens (tertiary/aromatic N) is 1. The Kier molecular flexibility index (Phi) is 3.80. The molecule has 0 spiro atoms. The van der Waals surface area contributed by atoms with Crippen molar-refractivity contribution in [2.24, 2.45) is 17.1 Å². The monoisotopic (exact) mass is 213 g/mol. The highest BCUT2D eigenvalue weighted by Gasteiger charge is 2.42. The zero-order valence-electron chi connectivity index (χ0n) is 10.9. The van der Waals surface area contributed by atoms with Crippen LogP contribution in [0, 0.1) is 11.3 Å². The van der Waals surface area contributed by atoms with E-state index in [0.29, 0.717) is 5.41 Å². The first-order valence-corrected chi connectivity index (χ1v) is 5.94. The van der Waals surface area contributed by atoms with Crippen molar-refractivity contribution < 1.29 is 0 Å². The molecule has 1 rings (SSSR count). The lowest BCUT2D eigenvalue weighted by atomic mass is 9.64. The molecule has 0 radical (unpaired) electrons. The van der Waals surface area contributed by atoms with E-state index in [-0.39, 0.29) is 5.54 Å². The second-order valence-corrected chi connectivity index (χ2v) is 6.35. The molecule has 3 nitrogen and oxygen atoms in total. The molecule has 1 aliphatic rings. The first-order chi connectivity index (χ1) is 6.79. The maximum Gasteiger partial charge on any atom is 0.0455 e. The molecular formula is C12H27N3. The molecular weight excluding hydrogens is 186 g/mol. The molecule has 15 heavy (non-hydrogen) atoms. The van der Waals surface area contributed by atoms with Gasteiger partial charge >= 0.3 is 0 Å². The van der Waals surface area contributed by atoms with E-state index in [2.05, 4.69) is 26.2 Å². The van der Waals surface area contributed by atoms with Gasteiger partial charge in [-0.05, 0) is 30.6 Å². The number of hydrogen-bond donors (Lipinski definition) is 2. The highest BCUT2D eigenvalue weighted by molar-refractivity contribution is 4.98. The molecule has 0 aromatic heterocycles. The molecule has 0 aromatic rings. The largest absolute Gasteiger partial charge is 0.329 e. The lowest BCUT2D eigenvalue weighted by molar-refractivity contribution is 0.0386. The molecule has 2 atom stereocenters. The molecule has 0 saturated heterocycles. The lowest BCUT2D eigenvalue weighted by Gasteiger charge is -2.48. The van der Waals surface area contributed by atoms with Crippen molar-refractivity contribution in [3.63, 3.8) is 0 Å². The molecule has 0 bridgehead atoms. The Morgan fingerprint density at radius 2 is 1.93 bits per heavy atom. The predicted molar refractivity (Wildman–Crippen MR) is 65.4 cm³/mol. The van der Waals surface area contributed by atoms with Crippen LogP contribution in [-0.4, -0.2) is 31.2 Å². The summed E-state index contributed by atoms with van der Waals surface area (Å²) in [4.78, 5) is 0. The van der Waals surface area contributed by atoms with Crippen LogP contribution >= 0.6 is 0 Å². The van der Waals surface area contributed by atoms with E-state index in [4.69, 9.17) is 5.73 Å². The predicted octanol–water partition coefficient (Wildman–Crippen LogP) is 1.60. The Hall–Kier alpha value is -0.120. The molecule has 1 fully saturated rings. The van der Waals surface area contributed by atoms with Crippen molar-refractivity contribution in [3.8, 4) is 0 Å². The van der Waals surface area contributed by atoms with Crippen LogP contribution in [0.1, 0.15) is 40.0 Å². The second kappa shape index (κ2) is 4.40. The van der Waals surface area contributed by atoms with Crippen molar-refractivity contribution >= 4 is 0 Å². The van der Waals surface area contributed by atoms with Crippen LogP contribution in [-0.2, 0) is 0 Å². The Labute approximate surface area is 94.4 Å². The second-order valence-electron chi connectivity index (χ2n) is 6.35. The van der Waals surface area contributed by atoms with Crippen LogP contribution in [0.3, 0.4) is 0 Å². The fourth-order valence-electron chi connectivity index (χ4n) is 3.50. The third kappa shape index (κ3) is 3.44. The Bertz CT molecular complexity index is 209. The molecule has 3 N–H and O–H groups in total. The summed E-state index contributed by atoms with van der Waals surface area (Å²) in [5.74, 6) is 0.754. The van der Waals surface area contributed by atoms with Crippen LogP contribution in [0.15, 0.2) is 0 Å². The van der Waals surface area contributed by atoms with Crippen LogP contribution in [0.25, 0.3) is 0 Å². The summed E-state index contributed by atoms with van der Waals surface area (Å²) in [5.41, 5.74) is 10.0. The highest BCUT2D eigenvalue weighted by Crippen LogP contribution is 2.43. The zero-order chi connectivity index (χ0) is 11.7. The smallest absolute Gasteiger partial charge is 0.0455 e. The van der Waals surface area contributed by atoms with E-state index >= 15 is 0 Å². The number of hydrazine groups is 1. The average molecular weight is 213 g/mol. The molecule has 0 aromatic carbocycles. The Balaban J connectivity index is 2.79. The summed E-state index contributed by atoms with van der Waals surface area (Å²) in [6.45, 7) is 7.76. The summed E-state index contributed by atoms with van der Waals surface area (Å²) in [5, 5.41) is 2.04. The van der Waals surface area contributed by atoms with E-state index in [1.807, 2.05) is 19.1 Å². The van der Waals surface area contributed by atoms with Gasteiger partial charge < -0.3 is 5.73 Å². The van der Waals surface area contributed by atoms with E-state index in [9.17, 15) is 0 Å². The SMILES string of the molecule is CC1CC(C)(C)CC(CN)(NN(C)C)C1. The van der Waals surface area contributed by atoms with Gasteiger partial charge in [0.1, 0.15) is 0 Å². The van der Waals surface area contributed by atoms with Gasteiger partial charge in [-0.15, -0.1) is 0 Å². The van der Waals surface area contributed by atoms with Gasteiger partial charge in [0.15, 0.2) is 0 Å². The third-order valence-corrected chi connectivity index (χ3v) is 3.31. The van der Waals surface area contributed by atoms with Gasteiger partial charge in [0.25, 0.3) is 0 Å². The molecule has 2 unspecified atom stereocenters. The fourth-order valence-corrected chi connectivity index (χ4v) is 3.50. The van der Waals surface area contributed by atoms with Gasteiger partial charge in [0.2, 0.25) is 0 Å². The van der Waals surface area contributed by atoms with Crippen LogP contribution in [0.5, 0.6) is 0 Å². The van der Waals surface area contributed by atoms with E-state index in [0.717, 1.165) is 12.5 Å². The van der Waals surface area contributed by atoms with E-state index < -0.39 is 0 Å². The fraction of sp³-hybridized carbons (Fsp3) is 1.00. The summed E-state index contributed by atoms with van der Waals surface area (Å²) < 4.78 is 0. The van der Waals surface area contributed by atoms with Crippen molar-refractivity contribution in [2.75, 3.05) is 20.6 Å². The molecule has 1 aliphatic carbocycles. The maximum atomic E-state index is 5.98. The molecule has 0 heterocycles. The average Bonchev–Trinajstić information content (AvgIpc) is 1.98. The molecule has 1 saturated carbocycles. The molecule has 0 aliphatic heterocycles. The summed E-state index contributed by atoms with van der Waals surface area (Å²) >= 11 is 0. The van der Waals surface area contributed by atoms with Crippen molar-refractivity contribution in [2.45, 2.75) is 45.6 Å². The number of nitrogens with two attached hydrogens (primary N) is 1. The number of nitrogens with one attached hydrogen (secondary N) is 1. The number of hydrogen-bond acceptors (Lipinski definition) is 3. The molecule has 90 valence electrons. The van der Waals surface area contributed by atoms with E-state index in [1.165, 1.54) is 19.3 Å². The standard InChI is InChI=1S/C12H27N3/c1-10-6-11(2,3)8-12(7-10,9-13)14-15(4)5/h10,14H,6-9,13H2,1-5H3. The third-order valence-electron chi connectivity index (χ3n) is 3.31. The normalized spacial score (nSPS) is 35.8. The van der Waals surface area contributed by atoms with Crippen LogP contribution in [0.4, 0.5) is 0 Å². The minimum atomic E-state index is 0.102. The quantitative estimate of drug-likeness (QED) is 0.700. The Morgan fingerprint density at radius 1 is 1.33 bits per heavy atom. The van der Waals surface area contributed by atoms with Gasteiger partial charge in [0, 0.05) is 26.2 Å². The van der Waals surface area contributed by atoms with Gasteiger partial charge in [-0.3, -0.25) is 5.01 Å². The zero-order valence-corrected chi connectivity index (χ0v) is 10.9. The minimum absolute atomic E-state index is 0.102. The van der Waals surface area contributed by atoms with Crippen LogP contribution < -0.4 is 11.2 Å². The first-order valence-electron chi connectivity index (χ1n) is 5.94. The van der Waals surface area contributed by atoms with Crippen LogP contribution in [0.2, 0.25) is 0 Å². The van der Waals surface area contributed by atoms with Gasteiger partial charge in [-0.25, -0.2) is 5.43 Å². The van der Waals surface area contributed by atoms with Gasteiger partial charge in [-0.2, -0.15) is 0 Å². The summed E-state index contributed by atoms with van der Waals surface area (Å²) in [6, 6.07) is 0. The van der Waals surface area contributed by atoms with Crippen molar-refractivity contribution in [1.82, 2.24) is 10.4 Å². The molecule has 0 amide bonds. The lowest BCUT2D eigenvalue weighted by Crippen LogP contribution is -2.60. The summed E-state index contributed by atoms with van der Waals surface area (Å²) in [7, 11) is 4.09. The maximum absolute atomic E-state index is 5.98. The van der Waals surface area contributed by atoms with E-state index in [1.54, 1.807) is 0 Å². The summed E-state index contributed by atoms with van der Waals surface area (Å²) in [6.07, 6.45) is 3.66. The number of rotatable bonds is 3. The van der Waals surface area contributed by atoms with Gasteiger partial charge in [-0.1, -0.05) is 20.8 Å². The minimum Gasteiger partial charge on any atom is -0.329 e. The van der Waals surface area contributed by atoms with Crippen molar-refractivity contribution in [1.29, 1.82) is 0 Å². The Morgan fingerprint density at radius 3 is 2.33 bits per heavy atom. The highest BCUT2D eigenvalue weighted by atomic mass is 15.5. The van der Waals surface area contributed by atoms with Gasteiger partial charge in [0.05, 0.1) is 0 Å². The topological polar surface area (TPSA) is 41.3 Å². The first kappa shape index (κ1) is 12.9. The molecule has 3 heteroatoms. The van der Waals surface area contributed by atoms with Crippen molar-refractivity contribution in [3.05, 3.63) is 0 Å².